The number of hydrogen-bond acceptors (Lipinski definition) is 5. The highest BCUT2D eigenvalue weighted by atomic mass is 35.5. The molecule has 2 aromatic rings. The Bertz CT molecular complexity index is 780. The molecular weight excluding hydrogens is 330 g/mol. The highest BCUT2D eigenvalue weighted by molar-refractivity contribution is 5.85. The van der Waals surface area contributed by atoms with Crippen LogP contribution >= 0.6 is 12.4 Å². The SMILES string of the molecule is Cl.c1cc2c(cc1C[C@H]1NCCc3cc4c(cc31)OCO4)OCO2. The van der Waals surface area contributed by atoms with Crippen LogP contribution in [0.25, 0.3) is 0 Å². The van der Waals surface area contributed by atoms with E-state index in [0.29, 0.717) is 13.6 Å². The maximum Gasteiger partial charge on any atom is 0.231 e. The molecule has 6 heteroatoms. The van der Waals surface area contributed by atoms with Crippen molar-refractivity contribution in [2.45, 2.75) is 18.9 Å². The summed E-state index contributed by atoms with van der Waals surface area (Å²) in [5, 5.41) is 3.61. The first kappa shape index (κ1) is 15.4. The molecule has 1 atom stereocenters. The largest absolute Gasteiger partial charge is 0.454 e. The second kappa shape index (κ2) is 6.07. The maximum atomic E-state index is 5.54. The van der Waals surface area contributed by atoms with Crippen LogP contribution in [-0.4, -0.2) is 20.1 Å². The van der Waals surface area contributed by atoms with Crippen molar-refractivity contribution in [1.82, 2.24) is 5.32 Å². The zero-order chi connectivity index (χ0) is 15.2. The third-order valence-corrected chi connectivity index (χ3v) is 4.67. The van der Waals surface area contributed by atoms with E-state index in [0.717, 1.165) is 42.4 Å². The lowest BCUT2D eigenvalue weighted by atomic mass is 9.90. The van der Waals surface area contributed by atoms with E-state index < -0.39 is 0 Å². The first-order valence-electron chi connectivity index (χ1n) is 7.91. The summed E-state index contributed by atoms with van der Waals surface area (Å²) in [6, 6.07) is 10.7. The average molecular weight is 348 g/mol. The van der Waals surface area contributed by atoms with E-state index in [1.807, 2.05) is 6.07 Å². The molecule has 2 aromatic carbocycles. The molecule has 126 valence electrons. The molecule has 0 aliphatic carbocycles. The van der Waals surface area contributed by atoms with Gasteiger partial charge in [-0.2, -0.15) is 0 Å². The molecule has 3 aliphatic heterocycles. The Morgan fingerprint density at radius 3 is 2.42 bits per heavy atom. The average Bonchev–Trinajstić information content (AvgIpc) is 3.21. The van der Waals surface area contributed by atoms with Gasteiger partial charge in [0.1, 0.15) is 0 Å². The van der Waals surface area contributed by atoms with Crippen LogP contribution in [0.4, 0.5) is 0 Å². The second-order valence-electron chi connectivity index (χ2n) is 6.05. The van der Waals surface area contributed by atoms with Crippen molar-refractivity contribution >= 4 is 12.4 Å². The van der Waals surface area contributed by atoms with Gasteiger partial charge in [-0.15, -0.1) is 12.4 Å². The lowest BCUT2D eigenvalue weighted by Crippen LogP contribution is -2.31. The van der Waals surface area contributed by atoms with Crippen LogP contribution in [0.15, 0.2) is 30.3 Å². The van der Waals surface area contributed by atoms with E-state index >= 15 is 0 Å². The van der Waals surface area contributed by atoms with E-state index in [4.69, 9.17) is 18.9 Å². The topological polar surface area (TPSA) is 49.0 Å². The minimum absolute atomic E-state index is 0. The zero-order valence-electron chi connectivity index (χ0n) is 13.0. The van der Waals surface area contributed by atoms with Crippen LogP contribution in [0, 0.1) is 0 Å². The molecular formula is C18H18ClNO4. The lowest BCUT2D eigenvalue weighted by molar-refractivity contribution is 0.173. The van der Waals surface area contributed by atoms with Crippen molar-refractivity contribution in [3.8, 4) is 23.0 Å². The number of hydrogen-bond donors (Lipinski definition) is 1. The molecule has 3 aliphatic rings. The molecule has 24 heavy (non-hydrogen) atoms. The van der Waals surface area contributed by atoms with Crippen LogP contribution in [0.2, 0.25) is 0 Å². The van der Waals surface area contributed by atoms with Gasteiger partial charge in [-0.25, -0.2) is 0 Å². The van der Waals surface area contributed by atoms with Gasteiger partial charge in [-0.1, -0.05) is 6.07 Å². The number of ether oxygens (including phenoxy) is 4. The Morgan fingerprint density at radius 1 is 0.875 bits per heavy atom. The molecule has 5 rings (SSSR count). The number of halogens is 1. The normalized spacial score (nSPS) is 19.6. The molecule has 0 spiro atoms. The fourth-order valence-corrected chi connectivity index (χ4v) is 3.52. The highest BCUT2D eigenvalue weighted by Crippen LogP contribution is 2.39. The van der Waals surface area contributed by atoms with E-state index in [2.05, 4.69) is 29.6 Å². The van der Waals surface area contributed by atoms with Gasteiger partial charge in [0.25, 0.3) is 0 Å². The summed E-state index contributed by atoms with van der Waals surface area (Å²) >= 11 is 0. The quantitative estimate of drug-likeness (QED) is 0.905. The molecule has 5 nitrogen and oxygen atoms in total. The Kier molecular flexibility index (Phi) is 3.90. The van der Waals surface area contributed by atoms with Gasteiger partial charge in [-0.3, -0.25) is 0 Å². The molecule has 0 aromatic heterocycles. The van der Waals surface area contributed by atoms with Gasteiger partial charge in [-0.05, 0) is 60.3 Å². The van der Waals surface area contributed by atoms with E-state index in [-0.39, 0.29) is 18.4 Å². The maximum absolute atomic E-state index is 5.54. The molecule has 0 bridgehead atoms. The van der Waals surface area contributed by atoms with Crippen LogP contribution < -0.4 is 24.3 Å². The van der Waals surface area contributed by atoms with Crippen LogP contribution in [0.1, 0.15) is 22.7 Å². The summed E-state index contributed by atoms with van der Waals surface area (Å²) in [6.07, 6.45) is 1.92. The van der Waals surface area contributed by atoms with Crippen molar-refractivity contribution in [3.63, 3.8) is 0 Å². The molecule has 0 fully saturated rings. The predicted octanol–water partition coefficient (Wildman–Crippen LogP) is 3.00. The number of benzene rings is 2. The van der Waals surface area contributed by atoms with Crippen molar-refractivity contribution in [3.05, 3.63) is 47.0 Å². The minimum Gasteiger partial charge on any atom is -0.454 e. The Balaban J connectivity index is 0.00000146. The summed E-state index contributed by atoms with van der Waals surface area (Å²) < 4.78 is 21.9. The third kappa shape index (κ3) is 2.54. The standard InChI is InChI=1S/C18H17NO4.ClH/c1-2-15-16(21-9-20-15)6-11(1)5-14-13-8-18-17(22-10-23-18)7-12(13)3-4-19-14;/h1-2,6-8,14,19H,3-5,9-10H2;1H/t14-;/m1./s1. The lowest BCUT2D eigenvalue weighted by Gasteiger charge is -2.27. The van der Waals surface area contributed by atoms with E-state index in [1.165, 1.54) is 16.7 Å². The molecule has 1 N–H and O–H groups in total. The van der Waals surface area contributed by atoms with Gasteiger partial charge in [0, 0.05) is 6.04 Å². The van der Waals surface area contributed by atoms with Crippen LogP contribution in [-0.2, 0) is 12.8 Å². The molecule has 0 saturated carbocycles. The summed E-state index contributed by atoms with van der Waals surface area (Å²) in [7, 11) is 0. The van der Waals surface area contributed by atoms with Crippen molar-refractivity contribution in [2.24, 2.45) is 0 Å². The summed E-state index contributed by atoms with van der Waals surface area (Å²) in [5.41, 5.74) is 3.88. The molecule has 0 saturated heterocycles. The summed E-state index contributed by atoms with van der Waals surface area (Å²) in [4.78, 5) is 0. The first-order valence-corrected chi connectivity index (χ1v) is 7.91. The molecule has 0 amide bonds. The van der Waals surface area contributed by atoms with Gasteiger partial charge >= 0.3 is 0 Å². The smallest absolute Gasteiger partial charge is 0.231 e. The second-order valence-corrected chi connectivity index (χ2v) is 6.05. The number of fused-ring (bicyclic) bond motifs is 3. The predicted molar refractivity (Wildman–Crippen MR) is 90.5 cm³/mol. The van der Waals surface area contributed by atoms with Gasteiger partial charge in [0.15, 0.2) is 23.0 Å². The Hall–Kier alpha value is -2.11. The summed E-state index contributed by atoms with van der Waals surface area (Å²) in [5.74, 6) is 3.38. The first-order chi connectivity index (χ1) is 11.4. The zero-order valence-corrected chi connectivity index (χ0v) is 13.9. The number of rotatable bonds is 2. The van der Waals surface area contributed by atoms with Crippen molar-refractivity contribution in [2.75, 3.05) is 20.1 Å². The fraction of sp³-hybridized carbons (Fsp3) is 0.333. The van der Waals surface area contributed by atoms with Crippen LogP contribution in [0.5, 0.6) is 23.0 Å². The van der Waals surface area contributed by atoms with E-state index in [1.54, 1.807) is 0 Å². The molecule has 3 heterocycles. The molecule has 0 radical (unpaired) electrons. The van der Waals surface area contributed by atoms with Crippen molar-refractivity contribution in [1.29, 1.82) is 0 Å². The van der Waals surface area contributed by atoms with Gasteiger partial charge in [0.2, 0.25) is 13.6 Å². The Labute approximate surface area is 146 Å². The minimum atomic E-state index is 0. The monoisotopic (exact) mass is 347 g/mol. The Morgan fingerprint density at radius 2 is 1.58 bits per heavy atom. The summed E-state index contributed by atoms with van der Waals surface area (Å²) in [6.45, 7) is 1.60. The van der Waals surface area contributed by atoms with Gasteiger partial charge < -0.3 is 24.3 Å². The number of nitrogens with one attached hydrogen (secondary N) is 1. The fourth-order valence-electron chi connectivity index (χ4n) is 3.52. The third-order valence-electron chi connectivity index (χ3n) is 4.67. The highest BCUT2D eigenvalue weighted by Gasteiger charge is 2.25. The van der Waals surface area contributed by atoms with E-state index in [9.17, 15) is 0 Å². The van der Waals surface area contributed by atoms with Crippen molar-refractivity contribution < 1.29 is 18.9 Å². The molecule has 0 unspecified atom stereocenters. The van der Waals surface area contributed by atoms with Crippen LogP contribution in [0.3, 0.4) is 0 Å². The van der Waals surface area contributed by atoms with Gasteiger partial charge in [0.05, 0.1) is 0 Å².